The van der Waals surface area contributed by atoms with Crippen LogP contribution >= 0.6 is 0 Å². The molecule has 0 heterocycles. The zero-order valence-electron chi connectivity index (χ0n) is 19.3. The summed E-state index contributed by atoms with van der Waals surface area (Å²) in [5, 5.41) is 9.41. The molecule has 4 heteroatoms. The minimum absolute atomic E-state index is 0.0706. The normalized spacial score (nSPS) is 28.2. The van der Waals surface area contributed by atoms with Crippen molar-refractivity contribution in [3.63, 3.8) is 0 Å². The Morgan fingerprint density at radius 2 is 1.29 bits per heavy atom. The van der Waals surface area contributed by atoms with Crippen molar-refractivity contribution in [1.82, 2.24) is 0 Å². The first-order valence-corrected chi connectivity index (χ1v) is 11.2. The van der Waals surface area contributed by atoms with Gasteiger partial charge in [-0.2, -0.15) is 0 Å². The summed E-state index contributed by atoms with van der Waals surface area (Å²) in [6.45, 7) is 8.20. The lowest BCUT2D eigenvalue weighted by molar-refractivity contribution is -0.154. The number of benzene rings is 2. The molecular weight excluding hydrogens is 388 g/mol. The van der Waals surface area contributed by atoms with Crippen LogP contribution in [0.3, 0.4) is 0 Å². The van der Waals surface area contributed by atoms with Gasteiger partial charge in [0.2, 0.25) is 0 Å². The molecule has 4 nitrogen and oxygen atoms in total. The van der Waals surface area contributed by atoms with Gasteiger partial charge in [-0.15, -0.1) is 0 Å². The first-order chi connectivity index (χ1) is 14.8. The minimum atomic E-state index is -0.659. The van der Waals surface area contributed by atoms with Crippen LogP contribution < -0.4 is 0 Å². The first kappa shape index (κ1) is 23.1. The molecular formula is C27H34O4. The zero-order valence-corrected chi connectivity index (χ0v) is 19.3. The molecule has 4 atom stereocenters. The average Bonchev–Trinajstić information content (AvgIpc) is 3.26. The van der Waals surface area contributed by atoms with Crippen molar-refractivity contribution < 1.29 is 19.4 Å². The predicted octanol–water partition coefficient (Wildman–Crippen LogP) is 5.74. The van der Waals surface area contributed by atoms with Gasteiger partial charge in [0.25, 0.3) is 0 Å². The van der Waals surface area contributed by atoms with Gasteiger partial charge in [0.05, 0.1) is 17.9 Å². The summed E-state index contributed by atoms with van der Waals surface area (Å²) in [6, 6.07) is 16.4. The Labute approximate surface area is 185 Å². The Hall–Kier alpha value is -2.62. The fraction of sp³-hybridized carbons (Fsp3) is 0.481. The molecule has 4 unspecified atom stereocenters. The quantitative estimate of drug-likeness (QED) is 0.638. The largest absolute Gasteiger partial charge is 0.481 e. The number of aliphatic carboxylic acids is 1. The second-order valence-corrected chi connectivity index (χ2v) is 9.01. The predicted molar refractivity (Wildman–Crippen MR) is 122 cm³/mol. The Balaban J connectivity index is 0.000000176. The molecule has 0 saturated heterocycles. The molecule has 4 rings (SSSR count). The molecule has 0 amide bonds. The molecule has 0 bridgehead atoms. The van der Waals surface area contributed by atoms with Crippen LogP contribution in [-0.2, 0) is 27.2 Å². The van der Waals surface area contributed by atoms with E-state index in [1.165, 1.54) is 29.4 Å². The van der Waals surface area contributed by atoms with Gasteiger partial charge in [-0.3, -0.25) is 9.59 Å². The molecule has 31 heavy (non-hydrogen) atoms. The van der Waals surface area contributed by atoms with Gasteiger partial charge in [-0.1, -0.05) is 76.2 Å². The van der Waals surface area contributed by atoms with Crippen molar-refractivity contribution in [3.8, 4) is 0 Å². The average molecular weight is 423 g/mol. The molecule has 0 fully saturated rings. The van der Waals surface area contributed by atoms with Gasteiger partial charge in [-0.25, -0.2) is 0 Å². The number of ether oxygens (including phenoxy) is 1. The molecule has 0 aromatic heterocycles. The van der Waals surface area contributed by atoms with Gasteiger partial charge >= 0.3 is 11.9 Å². The lowest BCUT2D eigenvalue weighted by atomic mass is 9.75. The van der Waals surface area contributed by atoms with Crippen molar-refractivity contribution in [3.05, 3.63) is 70.8 Å². The Morgan fingerprint density at radius 1 is 0.871 bits per heavy atom. The number of hydrogen-bond donors (Lipinski definition) is 1. The van der Waals surface area contributed by atoms with Crippen LogP contribution in [-0.4, -0.2) is 24.2 Å². The van der Waals surface area contributed by atoms with E-state index in [-0.39, 0.29) is 23.2 Å². The van der Waals surface area contributed by atoms with Crippen LogP contribution in [0.2, 0.25) is 0 Å². The second kappa shape index (κ2) is 8.86. The molecule has 0 saturated carbocycles. The second-order valence-electron chi connectivity index (χ2n) is 9.01. The molecule has 2 aromatic rings. The first-order valence-electron chi connectivity index (χ1n) is 11.2. The van der Waals surface area contributed by atoms with Crippen molar-refractivity contribution in [2.45, 2.75) is 65.2 Å². The fourth-order valence-electron chi connectivity index (χ4n) is 5.69. The highest BCUT2D eigenvalue weighted by molar-refractivity contribution is 5.80. The van der Waals surface area contributed by atoms with E-state index in [1.807, 2.05) is 44.2 Å². The number of carboxylic acid groups (broad SMARTS) is 1. The maximum atomic E-state index is 12.0. The standard InChI is InChI=1S/C14H18O2.C13H16O2/c1-4-14(13(15)16-3)9-11-7-5-6-8-12(11)10(14)2;1-3-13(12(14)15)8-10-6-4-5-7-11(10)9(13)2/h5-8,10H,4,9H2,1-3H3;4-7,9H,3,8H2,1-2H3,(H,14,15). The maximum Gasteiger partial charge on any atom is 0.312 e. The number of carbonyl (C=O) groups excluding carboxylic acids is 1. The van der Waals surface area contributed by atoms with E-state index >= 15 is 0 Å². The lowest BCUT2D eigenvalue weighted by Gasteiger charge is -2.29. The smallest absolute Gasteiger partial charge is 0.312 e. The van der Waals surface area contributed by atoms with Crippen LogP contribution in [0, 0.1) is 10.8 Å². The van der Waals surface area contributed by atoms with E-state index in [0.717, 1.165) is 12.8 Å². The van der Waals surface area contributed by atoms with Crippen molar-refractivity contribution in [1.29, 1.82) is 0 Å². The van der Waals surface area contributed by atoms with E-state index in [9.17, 15) is 14.7 Å². The Morgan fingerprint density at radius 3 is 1.68 bits per heavy atom. The van der Waals surface area contributed by atoms with E-state index < -0.39 is 11.4 Å². The van der Waals surface area contributed by atoms with Gasteiger partial charge < -0.3 is 9.84 Å². The molecule has 2 aliphatic rings. The summed E-state index contributed by atoms with van der Waals surface area (Å²) >= 11 is 0. The van der Waals surface area contributed by atoms with Crippen LogP contribution in [0.25, 0.3) is 0 Å². The van der Waals surface area contributed by atoms with Gasteiger partial charge in [-0.05, 0) is 59.8 Å². The topological polar surface area (TPSA) is 63.6 Å². The van der Waals surface area contributed by atoms with Crippen LogP contribution in [0.4, 0.5) is 0 Å². The van der Waals surface area contributed by atoms with E-state index in [4.69, 9.17) is 4.74 Å². The molecule has 0 aliphatic heterocycles. The fourth-order valence-corrected chi connectivity index (χ4v) is 5.69. The molecule has 2 aliphatic carbocycles. The minimum Gasteiger partial charge on any atom is -0.481 e. The monoisotopic (exact) mass is 422 g/mol. The number of carbonyl (C=O) groups is 2. The summed E-state index contributed by atoms with van der Waals surface area (Å²) in [6.07, 6.45) is 3.01. The number of hydrogen-bond acceptors (Lipinski definition) is 3. The van der Waals surface area contributed by atoms with Gasteiger partial charge in [0, 0.05) is 0 Å². The summed E-state index contributed by atoms with van der Waals surface area (Å²) in [4.78, 5) is 23.5. The summed E-state index contributed by atoms with van der Waals surface area (Å²) in [7, 11) is 1.48. The Bertz CT molecular complexity index is 965. The summed E-state index contributed by atoms with van der Waals surface area (Å²) < 4.78 is 4.99. The van der Waals surface area contributed by atoms with Gasteiger partial charge in [0.1, 0.15) is 0 Å². The molecule has 0 radical (unpaired) electrons. The number of fused-ring (bicyclic) bond motifs is 2. The molecule has 2 aromatic carbocycles. The highest BCUT2D eigenvalue weighted by Gasteiger charge is 2.49. The van der Waals surface area contributed by atoms with Crippen LogP contribution in [0.5, 0.6) is 0 Å². The zero-order chi connectivity index (χ0) is 22.8. The van der Waals surface area contributed by atoms with Crippen LogP contribution in [0.1, 0.15) is 74.6 Å². The molecule has 166 valence electrons. The van der Waals surface area contributed by atoms with Crippen molar-refractivity contribution in [2.75, 3.05) is 7.11 Å². The van der Waals surface area contributed by atoms with Crippen molar-refractivity contribution >= 4 is 11.9 Å². The highest BCUT2D eigenvalue weighted by Crippen LogP contribution is 2.50. The number of carboxylic acids is 1. The SMILES string of the molecule is CCC1(C(=O)O)Cc2ccccc2C1C.CCC1(C(=O)OC)Cc2ccccc2C1C. The number of rotatable bonds is 4. The third-order valence-corrected chi connectivity index (χ3v) is 7.99. The van der Waals surface area contributed by atoms with E-state index in [1.54, 1.807) is 0 Å². The number of methoxy groups -OCH3 is 1. The summed E-state index contributed by atoms with van der Waals surface area (Å²) in [5.74, 6) is -0.357. The van der Waals surface area contributed by atoms with Crippen molar-refractivity contribution in [2.24, 2.45) is 10.8 Å². The van der Waals surface area contributed by atoms with Gasteiger partial charge in [0.15, 0.2) is 0 Å². The summed E-state index contributed by atoms with van der Waals surface area (Å²) in [5.41, 5.74) is 4.08. The lowest BCUT2D eigenvalue weighted by Crippen LogP contribution is -2.34. The molecule has 1 N–H and O–H groups in total. The van der Waals surface area contributed by atoms with Crippen LogP contribution in [0.15, 0.2) is 48.5 Å². The van der Waals surface area contributed by atoms with E-state index in [0.29, 0.717) is 12.8 Å². The number of esters is 1. The molecule has 0 spiro atoms. The van der Waals surface area contributed by atoms with E-state index in [2.05, 4.69) is 32.0 Å². The highest BCUT2D eigenvalue weighted by atomic mass is 16.5. The maximum absolute atomic E-state index is 12.0. The third-order valence-electron chi connectivity index (χ3n) is 7.99. The third kappa shape index (κ3) is 3.66. The Kier molecular flexibility index (Phi) is 6.59.